The van der Waals surface area contributed by atoms with E-state index >= 15 is 0 Å². The molecule has 0 unspecified atom stereocenters. The summed E-state index contributed by atoms with van der Waals surface area (Å²) in [7, 11) is 0. The second kappa shape index (κ2) is 3.90. The summed E-state index contributed by atoms with van der Waals surface area (Å²) in [5.74, 6) is 0.956. The minimum absolute atomic E-state index is 0.956. The van der Waals surface area contributed by atoms with Crippen LogP contribution in [0.5, 0.6) is 0 Å². The van der Waals surface area contributed by atoms with E-state index in [2.05, 4.69) is 23.0 Å². The van der Waals surface area contributed by atoms with Gasteiger partial charge in [0.25, 0.3) is 0 Å². The molecule has 9 heavy (non-hydrogen) atoms. The first-order chi connectivity index (χ1) is 4.43. The molecule has 3 heteroatoms. The zero-order chi connectivity index (χ0) is 6.53. The SMILES string of the molecule is SCCCc1cscn1. The van der Waals surface area contributed by atoms with E-state index in [4.69, 9.17) is 0 Å². The standard InChI is InChI=1S/C6H9NS2/c8-3-1-2-6-4-9-5-7-6/h4-5,8H,1-3H2. The lowest BCUT2D eigenvalue weighted by molar-refractivity contribution is 0.905. The molecule has 1 aromatic heterocycles. The smallest absolute Gasteiger partial charge is 0.0794 e. The van der Waals surface area contributed by atoms with Crippen LogP contribution in [0.4, 0.5) is 0 Å². The molecule has 0 fully saturated rings. The van der Waals surface area contributed by atoms with E-state index in [0.717, 1.165) is 18.6 Å². The van der Waals surface area contributed by atoms with Gasteiger partial charge in [-0.15, -0.1) is 11.3 Å². The molecule has 0 spiro atoms. The van der Waals surface area contributed by atoms with E-state index in [9.17, 15) is 0 Å². The van der Waals surface area contributed by atoms with Gasteiger partial charge in [0.1, 0.15) is 0 Å². The van der Waals surface area contributed by atoms with Crippen LogP contribution in [0.3, 0.4) is 0 Å². The van der Waals surface area contributed by atoms with Crippen molar-refractivity contribution >= 4 is 24.0 Å². The molecule has 0 amide bonds. The maximum atomic E-state index is 4.14. The maximum Gasteiger partial charge on any atom is 0.0794 e. The van der Waals surface area contributed by atoms with Gasteiger partial charge in [-0.2, -0.15) is 12.6 Å². The van der Waals surface area contributed by atoms with Crippen molar-refractivity contribution in [3.8, 4) is 0 Å². The largest absolute Gasteiger partial charge is 0.250 e. The minimum atomic E-state index is 0.956. The molecule has 1 heterocycles. The van der Waals surface area contributed by atoms with Crippen LogP contribution >= 0.6 is 24.0 Å². The van der Waals surface area contributed by atoms with Crippen LogP contribution in [-0.4, -0.2) is 10.7 Å². The fraction of sp³-hybridized carbons (Fsp3) is 0.500. The van der Waals surface area contributed by atoms with Gasteiger partial charge in [-0.05, 0) is 18.6 Å². The molecule has 0 N–H and O–H groups in total. The van der Waals surface area contributed by atoms with Gasteiger partial charge in [0.05, 0.1) is 11.2 Å². The van der Waals surface area contributed by atoms with Crippen LogP contribution in [-0.2, 0) is 6.42 Å². The van der Waals surface area contributed by atoms with E-state index in [0.29, 0.717) is 0 Å². The lowest BCUT2D eigenvalue weighted by atomic mass is 10.3. The monoisotopic (exact) mass is 159 g/mol. The Labute approximate surface area is 64.5 Å². The number of hydrogen-bond acceptors (Lipinski definition) is 3. The Balaban J connectivity index is 2.30. The Morgan fingerprint density at radius 2 is 2.56 bits per heavy atom. The quantitative estimate of drug-likeness (QED) is 0.666. The summed E-state index contributed by atoms with van der Waals surface area (Å²) in [6.45, 7) is 0. The van der Waals surface area contributed by atoms with Gasteiger partial charge in [-0.25, -0.2) is 4.98 Å². The highest BCUT2D eigenvalue weighted by molar-refractivity contribution is 7.80. The van der Waals surface area contributed by atoms with Crippen molar-refractivity contribution < 1.29 is 0 Å². The van der Waals surface area contributed by atoms with Gasteiger partial charge in [0.2, 0.25) is 0 Å². The normalized spacial score (nSPS) is 9.89. The third-order valence-corrected chi connectivity index (χ3v) is 2.03. The van der Waals surface area contributed by atoms with Gasteiger partial charge in [-0.1, -0.05) is 0 Å². The zero-order valence-corrected chi connectivity index (χ0v) is 6.79. The third kappa shape index (κ3) is 2.37. The maximum absolute atomic E-state index is 4.14. The highest BCUT2D eigenvalue weighted by Crippen LogP contribution is 2.03. The van der Waals surface area contributed by atoms with Crippen LogP contribution in [0.1, 0.15) is 12.1 Å². The van der Waals surface area contributed by atoms with Gasteiger partial charge in [0, 0.05) is 5.38 Å². The molecule has 0 aliphatic rings. The Morgan fingerprint density at radius 1 is 1.67 bits per heavy atom. The summed E-state index contributed by atoms with van der Waals surface area (Å²) in [5, 5.41) is 2.09. The van der Waals surface area contributed by atoms with E-state index in [-0.39, 0.29) is 0 Å². The summed E-state index contributed by atoms with van der Waals surface area (Å²) in [6.07, 6.45) is 2.21. The summed E-state index contributed by atoms with van der Waals surface area (Å²) in [5.41, 5.74) is 3.07. The number of aromatic nitrogens is 1. The first-order valence-corrected chi connectivity index (χ1v) is 4.49. The molecule has 0 radical (unpaired) electrons. The summed E-state index contributed by atoms with van der Waals surface area (Å²) < 4.78 is 0. The highest BCUT2D eigenvalue weighted by atomic mass is 32.1. The van der Waals surface area contributed by atoms with Crippen LogP contribution in [0.2, 0.25) is 0 Å². The van der Waals surface area contributed by atoms with Crippen molar-refractivity contribution in [2.24, 2.45) is 0 Å². The lowest BCUT2D eigenvalue weighted by Crippen LogP contribution is -1.84. The van der Waals surface area contributed by atoms with Crippen LogP contribution < -0.4 is 0 Å². The predicted octanol–water partition coefficient (Wildman–Crippen LogP) is 2.01. The molecule has 0 aliphatic carbocycles. The molecule has 1 aromatic rings. The molecular formula is C6H9NS2. The van der Waals surface area contributed by atoms with Gasteiger partial charge in [0.15, 0.2) is 0 Å². The van der Waals surface area contributed by atoms with E-state index in [1.165, 1.54) is 5.69 Å². The van der Waals surface area contributed by atoms with Gasteiger partial charge in [-0.3, -0.25) is 0 Å². The average molecular weight is 159 g/mol. The number of rotatable bonds is 3. The van der Waals surface area contributed by atoms with Gasteiger partial charge >= 0.3 is 0 Å². The van der Waals surface area contributed by atoms with Crippen molar-refractivity contribution in [2.75, 3.05) is 5.75 Å². The molecule has 1 nitrogen and oxygen atoms in total. The molecule has 0 bridgehead atoms. The molecule has 0 atom stereocenters. The Kier molecular flexibility index (Phi) is 3.08. The number of thiol groups is 1. The van der Waals surface area contributed by atoms with E-state index < -0.39 is 0 Å². The van der Waals surface area contributed by atoms with Crippen LogP contribution in [0, 0.1) is 0 Å². The average Bonchev–Trinajstić information content (AvgIpc) is 2.34. The third-order valence-electron chi connectivity index (χ3n) is 1.07. The number of thiazole rings is 1. The number of hydrogen-bond donors (Lipinski definition) is 1. The van der Waals surface area contributed by atoms with Gasteiger partial charge < -0.3 is 0 Å². The van der Waals surface area contributed by atoms with E-state index in [1.807, 2.05) is 5.51 Å². The molecule has 0 aromatic carbocycles. The molecular weight excluding hydrogens is 150 g/mol. The van der Waals surface area contributed by atoms with Crippen molar-refractivity contribution in [3.05, 3.63) is 16.6 Å². The fourth-order valence-corrected chi connectivity index (χ4v) is 1.37. The highest BCUT2D eigenvalue weighted by Gasteiger charge is 1.91. The van der Waals surface area contributed by atoms with Crippen molar-refractivity contribution in [2.45, 2.75) is 12.8 Å². The number of nitrogens with zero attached hydrogens (tertiary/aromatic N) is 1. The predicted molar refractivity (Wildman–Crippen MR) is 44.3 cm³/mol. The second-order valence-electron chi connectivity index (χ2n) is 1.81. The number of aryl methyl sites for hydroxylation is 1. The Bertz CT molecular complexity index is 148. The molecule has 0 saturated heterocycles. The first-order valence-electron chi connectivity index (χ1n) is 2.91. The van der Waals surface area contributed by atoms with E-state index in [1.54, 1.807) is 11.3 Å². The zero-order valence-electron chi connectivity index (χ0n) is 5.08. The Morgan fingerprint density at radius 3 is 3.11 bits per heavy atom. The Hall–Kier alpha value is -0.0200. The van der Waals surface area contributed by atoms with Crippen LogP contribution in [0.15, 0.2) is 10.9 Å². The molecule has 0 aliphatic heterocycles. The topological polar surface area (TPSA) is 12.9 Å². The second-order valence-corrected chi connectivity index (χ2v) is 2.97. The molecule has 0 saturated carbocycles. The lowest BCUT2D eigenvalue weighted by Gasteiger charge is -1.89. The summed E-state index contributed by atoms with van der Waals surface area (Å²) in [4.78, 5) is 4.14. The van der Waals surface area contributed by atoms with Crippen molar-refractivity contribution in [1.82, 2.24) is 4.98 Å². The van der Waals surface area contributed by atoms with Crippen LogP contribution in [0.25, 0.3) is 0 Å². The fourth-order valence-electron chi connectivity index (χ4n) is 0.621. The summed E-state index contributed by atoms with van der Waals surface area (Å²) >= 11 is 5.76. The molecule has 1 rings (SSSR count). The minimum Gasteiger partial charge on any atom is -0.250 e. The van der Waals surface area contributed by atoms with Crippen molar-refractivity contribution in [1.29, 1.82) is 0 Å². The first kappa shape index (κ1) is 7.09. The van der Waals surface area contributed by atoms with Crippen molar-refractivity contribution in [3.63, 3.8) is 0 Å². The summed E-state index contributed by atoms with van der Waals surface area (Å²) in [6, 6.07) is 0. The molecule has 50 valence electrons.